The predicted molar refractivity (Wildman–Crippen MR) is 108 cm³/mol. The molecule has 3 rings (SSSR count). The van der Waals surface area contributed by atoms with Gasteiger partial charge >= 0.3 is 6.09 Å². The molecule has 0 radical (unpaired) electrons. The van der Waals surface area contributed by atoms with E-state index in [4.69, 9.17) is 4.74 Å². The molecule has 1 unspecified atom stereocenters. The zero-order valence-corrected chi connectivity index (χ0v) is 16.8. The highest BCUT2D eigenvalue weighted by atomic mass is 16.6. The van der Waals surface area contributed by atoms with Crippen LogP contribution in [0.2, 0.25) is 0 Å². The fraction of sp³-hybridized carbons (Fsp3) is 0.591. The Morgan fingerprint density at radius 3 is 2.89 bits per heavy atom. The first-order valence-corrected chi connectivity index (χ1v) is 10.1. The van der Waals surface area contributed by atoms with Gasteiger partial charge in [0.1, 0.15) is 5.60 Å². The Morgan fingerprint density at radius 1 is 1.22 bits per heavy atom. The number of aromatic nitrogens is 2. The maximum absolute atomic E-state index is 12.1. The highest BCUT2D eigenvalue weighted by molar-refractivity contribution is 5.74. The molecule has 3 heterocycles. The molecule has 0 aromatic carbocycles. The van der Waals surface area contributed by atoms with Gasteiger partial charge in [-0.1, -0.05) is 12.8 Å². The highest BCUT2D eigenvalue weighted by Crippen LogP contribution is 2.24. The average Bonchev–Trinajstić information content (AvgIpc) is 3.09. The molecular formula is C22H31N3O2. The van der Waals surface area contributed by atoms with E-state index >= 15 is 0 Å². The van der Waals surface area contributed by atoms with Gasteiger partial charge in [-0.25, -0.2) is 14.8 Å². The molecule has 1 aliphatic rings. The van der Waals surface area contributed by atoms with Crippen LogP contribution in [-0.4, -0.2) is 39.7 Å². The molecule has 27 heavy (non-hydrogen) atoms. The Hall–Kier alpha value is -2.17. The van der Waals surface area contributed by atoms with Crippen molar-refractivity contribution in [3.8, 4) is 0 Å². The number of unbranched alkanes of at least 4 members (excludes halogenated alkanes) is 2. The molecule has 0 aliphatic carbocycles. The largest absolute Gasteiger partial charge is 0.444 e. The third kappa shape index (κ3) is 5.91. The highest BCUT2D eigenvalue weighted by Gasteiger charge is 2.29. The standard InChI is InChI=1S/C22H31N3O2/c1-22(2,3)27-21(26)25-15-13-17(16-25)8-5-4-6-10-19-12-11-18-9-7-14-23-20(18)24-19/h7,9,11-12,14,17H,4-6,8,10,13,15-16H2,1-3H3. The number of likely N-dealkylation sites (tertiary alicyclic amines) is 1. The Labute approximate surface area is 162 Å². The first kappa shape index (κ1) is 19.6. The number of aryl methyl sites for hydroxylation is 1. The van der Waals surface area contributed by atoms with Crippen molar-refractivity contribution in [2.24, 2.45) is 5.92 Å². The molecule has 1 saturated heterocycles. The van der Waals surface area contributed by atoms with Crippen LogP contribution in [0.1, 0.15) is 58.6 Å². The Balaban J connectivity index is 1.34. The minimum Gasteiger partial charge on any atom is -0.444 e. The van der Waals surface area contributed by atoms with E-state index in [9.17, 15) is 4.79 Å². The maximum atomic E-state index is 12.1. The van der Waals surface area contributed by atoms with Crippen molar-refractivity contribution >= 4 is 17.1 Å². The SMILES string of the molecule is CC(C)(C)OC(=O)N1CCC(CCCCCc2ccc3cccnc3n2)C1. The van der Waals surface area contributed by atoms with E-state index < -0.39 is 5.60 Å². The molecule has 2 aromatic rings. The van der Waals surface area contributed by atoms with Crippen LogP contribution in [0.3, 0.4) is 0 Å². The van der Waals surface area contributed by atoms with Gasteiger partial charge in [0, 0.05) is 30.4 Å². The Morgan fingerprint density at radius 2 is 2.07 bits per heavy atom. The number of carbonyl (C=O) groups is 1. The van der Waals surface area contributed by atoms with E-state index in [-0.39, 0.29) is 6.09 Å². The molecule has 146 valence electrons. The van der Waals surface area contributed by atoms with E-state index in [0.717, 1.165) is 49.1 Å². The van der Waals surface area contributed by atoms with E-state index in [0.29, 0.717) is 5.92 Å². The minimum atomic E-state index is -0.415. The van der Waals surface area contributed by atoms with E-state index in [1.54, 1.807) is 6.20 Å². The normalized spacial score (nSPS) is 17.4. The summed E-state index contributed by atoms with van der Waals surface area (Å²) in [5.41, 5.74) is 1.54. The smallest absolute Gasteiger partial charge is 0.410 e. The first-order valence-electron chi connectivity index (χ1n) is 10.1. The summed E-state index contributed by atoms with van der Waals surface area (Å²) in [7, 11) is 0. The Kier molecular flexibility index (Phi) is 6.30. The molecular weight excluding hydrogens is 338 g/mol. The monoisotopic (exact) mass is 369 g/mol. The first-order chi connectivity index (χ1) is 12.9. The second-order valence-electron chi connectivity index (χ2n) is 8.53. The van der Waals surface area contributed by atoms with E-state index in [1.165, 1.54) is 19.3 Å². The number of pyridine rings is 2. The van der Waals surface area contributed by atoms with Gasteiger partial charge in [-0.05, 0) is 76.6 Å². The van der Waals surface area contributed by atoms with Gasteiger partial charge in [-0.3, -0.25) is 0 Å². The van der Waals surface area contributed by atoms with Crippen LogP contribution in [0.5, 0.6) is 0 Å². The van der Waals surface area contributed by atoms with Crippen molar-refractivity contribution in [3.63, 3.8) is 0 Å². The zero-order chi connectivity index (χ0) is 19.3. The molecule has 0 bridgehead atoms. The second-order valence-corrected chi connectivity index (χ2v) is 8.53. The number of rotatable bonds is 6. The van der Waals surface area contributed by atoms with Crippen LogP contribution in [-0.2, 0) is 11.2 Å². The molecule has 5 heteroatoms. The van der Waals surface area contributed by atoms with Crippen molar-refractivity contribution in [2.45, 2.75) is 64.9 Å². The summed E-state index contributed by atoms with van der Waals surface area (Å²) in [4.78, 5) is 23.0. The number of hydrogen-bond acceptors (Lipinski definition) is 4. The lowest BCUT2D eigenvalue weighted by Gasteiger charge is -2.24. The van der Waals surface area contributed by atoms with Crippen LogP contribution < -0.4 is 0 Å². The summed E-state index contributed by atoms with van der Waals surface area (Å²) >= 11 is 0. The summed E-state index contributed by atoms with van der Waals surface area (Å²) in [6, 6.07) is 8.20. The summed E-state index contributed by atoms with van der Waals surface area (Å²) < 4.78 is 5.47. The van der Waals surface area contributed by atoms with Gasteiger partial charge in [0.25, 0.3) is 0 Å². The number of ether oxygens (including phenoxy) is 1. The number of hydrogen-bond donors (Lipinski definition) is 0. The molecule has 1 aliphatic heterocycles. The van der Waals surface area contributed by atoms with Gasteiger partial charge in [-0.2, -0.15) is 0 Å². The topological polar surface area (TPSA) is 55.3 Å². The van der Waals surface area contributed by atoms with Gasteiger partial charge in [0.05, 0.1) is 0 Å². The average molecular weight is 370 g/mol. The van der Waals surface area contributed by atoms with Crippen molar-refractivity contribution < 1.29 is 9.53 Å². The quantitative estimate of drug-likeness (QED) is 0.673. The number of amides is 1. The summed E-state index contributed by atoms with van der Waals surface area (Å²) in [5.74, 6) is 0.612. The van der Waals surface area contributed by atoms with Crippen molar-refractivity contribution in [1.29, 1.82) is 0 Å². The molecule has 2 aromatic heterocycles. The minimum absolute atomic E-state index is 0.166. The lowest BCUT2D eigenvalue weighted by atomic mass is 10.00. The Bertz CT molecular complexity index is 769. The number of carbonyl (C=O) groups excluding carboxylic acids is 1. The van der Waals surface area contributed by atoms with Crippen LogP contribution in [0.4, 0.5) is 4.79 Å². The predicted octanol–water partition coefficient (Wildman–Crippen LogP) is 4.99. The maximum Gasteiger partial charge on any atom is 0.410 e. The molecule has 0 N–H and O–H groups in total. The molecule has 0 saturated carbocycles. The van der Waals surface area contributed by atoms with Crippen molar-refractivity contribution in [1.82, 2.24) is 14.9 Å². The van der Waals surface area contributed by atoms with Crippen LogP contribution in [0, 0.1) is 5.92 Å². The number of nitrogens with zero attached hydrogens (tertiary/aromatic N) is 3. The fourth-order valence-corrected chi connectivity index (χ4v) is 3.61. The van der Waals surface area contributed by atoms with Crippen molar-refractivity contribution in [2.75, 3.05) is 13.1 Å². The molecule has 0 spiro atoms. The van der Waals surface area contributed by atoms with Gasteiger partial charge in [-0.15, -0.1) is 0 Å². The van der Waals surface area contributed by atoms with Crippen LogP contribution in [0.15, 0.2) is 30.5 Å². The zero-order valence-electron chi connectivity index (χ0n) is 16.8. The number of fused-ring (bicyclic) bond motifs is 1. The lowest BCUT2D eigenvalue weighted by molar-refractivity contribution is 0.0287. The summed E-state index contributed by atoms with van der Waals surface area (Å²) in [5, 5.41) is 1.09. The second kappa shape index (κ2) is 8.68. The van der Waals surface area contributed by atoms with Gasteiger partial charge in [0.15, 0.2) is 5.65 Å². The van der Waals surface area contributed by atoms with E-state index in [2.05, 4.69) is 22.1 Å². The van der Waals surface area contributed by atoms with E-state index in [1.807, 2.05) is 37.8 Å². The molecule has 1 fully saturated rings. The third-order valence-electron chi connectivity index (χ3n) is 5.00. The van der Waals surface area contributed by atoms with Crippen molar-refractivity contribution in [3.05, 3.63) is 36.2 Å². The summed E-state index contributed by atoms with van der Waals surface area (Å²) in [6.07, 6.45) is 8.46. The summed E-state index contributed by atoms with van der Waals surface area (Å²) in [6.45, 7) is 7.41. The molecule has 5 nitrogen and oxygen atoms in total. The van der Waals surface area contributed by atoms with Crippen LogP contribution >= 0.6 is 0 Å². The fourth-order valence-electron chi connectivity index (χ4n) is 3.61. The van der Waals surface area contributed by atoms with Gasteiger partial charge in [0.2, 0.25) is 0 Å². The molecule has 1 amide bonds. The van der Waals surface area contributed by atoms with Gasteiger partial charge < -0.3 is 9.64 Å². The lowest BCUT2D eigenvalue weighted by Crippen LogP contribution is -2.35. The third-order valence-corrected chi connectivity index (χ3v) is 5.00. The van der Waals surface area contributed by atoms with Crippen LogP contribution in [0.25, 0.3) is 11.0 Å². The molecule has 1 atom stereocenters.